The van der Waals surface area contributed by atoms with E-state index in [1.165, 1.54) is 12.1 Å². The molecular formula is C19H16F2N6O2S. The molecule has 0 saturated heterocycles. The number of benzene rings is 1. The molecule has 0 amide bonds. The van der Waals surface area contributed by atoms with Crippen LogP contribution in [-0.4, -0.2) is 28.0 Å². The molecule has 0 bridgehead atoms. The van der Waals surface area contributed by atoms with Gasteiger partial charge in [-0.3, -0.25) is 9.12 Å². The molecule has 0 spiro atoms. The standard InChI is InChI=1S/C19H16F2N6O2S/c1-12(19-25-24-18-4-2-3-7-27(18)19)23-17-6-5-16(11-22-17)30(28,29)26-15-9-13(20)8-14(21)10-15/h2-12,26H,1H3,(H,22,23). The molecule has 0 radical (unpaired) electrons. The maximum absolute atomic E-state index is 13.3. The van der Waals surface area contributed by atoms with Gasteiger partial charge in [0.2, 0.25) is 0 Å². The van der Waals surface area contributed by atoms with Gasteiger partial charge in [0.15, 0.2) is 11.5 Å². The predicted octanol–water partition coefficient (Wildman–Crippen LogP) is 3.38. The highest BCUT2D eigenvalue weighted by atomic mass is 32.2. The van der Waals surface area contributed by atoms with Crippen molar-refractivity contribution >= 4 is 27.2 Å². The molecule has 0 fully saturated rings. The minimum Gasteiger partial charge on any atom is -0.360 e. The summed E-state index contributed by atoms with van der Waals surface area (Å²) in [6, 6.07) is 10.5. The van der Waals surface area contributed by atoms with Crippen LogP contribution < -0.4 is 10.0 Å². The van der Waals surface area contributed by atoms with E-state index in [4.69, 9.17) is 0 Å². The Morgan fingerprint density at radius 2 is 1.80 bits per heavy atom. The Kier molecular flexibility index (Phi) is 5.04. The number of aromatic nitrogens is 4. The van der Waals surface area contributed by atoms with Crippen molar-refractivity contribution in [3.05, 3.63) is 78.4 Å². The van der Waals surface area contributed by atoms with Crippen LogP contribution in [0.25, 0.3) is 5.65 Å². The molecule has 30 heavy (non-hydrogen) atoms. The van der Waals surface area contributed by atoms with Gasteiger partial charge in [-0.25, -0.2) is 22.2 Å². The third-order valence-corrected chi connectivity index (χ3v) is 5.62. The molecule has 0 aliphatic rings. The zero-order valence-electron chi connectivity index (χ0n) is 15.6. The van der Waals surface area contributed by atoms with E-state index in [1.807, 2.05) is 35.7 Å². The monoisotopic (exact) mass is 430 g/mol. The Hall–Kier alpha value is -3.60. The first-order valence-corrected chi connectivity index (χ1v) is 10.3. The number of rotatable bonds is 6. The van der Waals surface area contributed by atoms with E-state index in [0.717, 1.165) is 18.3 Å². The highest BCUT2D eigenvalue weighted by Crippen LogP contribution is 2.21. The van der Waals surface area contributed by atoms with Gasteiger partial charge >= 0.3 is 0 Å². The molecule has 8 nitrogen and oxygen atoms in total. The summed E-state index contributed by atoms with van der Waals surface area (Å²) in [6.07, 6.45) is 2.99. The van der Waals surface area contributed by atoms with Crippen molar-refractivity contribution in [2.24, 2.45) is 0 Å². The molecular weight excluding hydrogens is 414 g/mol. The van der Waals surface area contributed by atoms with Crippen LogP contribution in [0, 0.1) is 11.6 Å². The smallest absolute Gasteiger partial charge is 0.263 e. The maximum atomic E-state index is 13.3. The van der Waals surface area contributed by atoms with Crippen molar-refractivity contribution in [1.29, 1.82) is 0 Å². The van der Waals surface area contributed by atoms with E-state index >= 15 is 0 Å². The Balaban J connectivity index is 1.50. The average Bonchev–Trinajstić information content (AvgIpc) is 3.11. The van der Waals surface area contributed by atoms with Gasteiger partial charge in [0, 0.05) is 18.5 Å². The fourth-order valence-electron chi connectivity index (χ4n) is 2.89. The molecule has 2 N–H and O–H groups in total. The lowest BCUT2D eigenvalue weighted by atomic mass is 10.3. The zero-order chi connectivity index (χ0) is 21.3. The number of hydrogen-bond donors (Lipinski definition) is 2. The minimum atomic E-state index is -4.06. The van der Waals surface area contributed by atoms with Gasteiger partial charge < -0.3 is 5.32 Å². The van der Waals surface area contributed by atoms with Crippen molar-refractivity contribution in [2.45, 2.75) is 17.9 Å². The van der Waals surface area contributed by atoms with E-state index in [9.17, 15) is 17.2 Å². The summed E-state index contributed by atoms with van der Waals surface area (Å²) in [6.45, 7) is 1.87. The van der Waals surface area contributed by atoms with Crippen LogP contribution in [0.1, 0.15) is 18.8 Å². The largest absolute Gasteiger partial charge is 0.360 e. The Bertz CT molecular complexity index is 1290. The molecule has 4 aromatic rings. The molecule has 1 unspecified atom stereocenters. The van der Waals surface area contributed by atoms with E-state index in [0.29, 0.717) is 23.4 Å². The van der Waals surface area contributed by atoms with Crippen molar-refractivity contribution in [1.82, 2.24) is 19.6 Å². The van der Waals surface area contributed by atoms with E-state index in [-0.39, 0.29) is 16.6 Å². The molecule has 154 valence electrons. The van der Waals surface area contributed by atoms with Crippen LogP contribution in [0.4, 0.5) is 20.3 Å². The highest BCUT2D eigenvalue weighted by Gasteiger charge is 2.17. The molecule has 1 atom stereocenters. The summed E-state index contributed by atoms with van der Waals surface area (Å²) in [5.41, 5.74) is 0.484. The molecule has 0 aliphatic carbocycles. The van der Waals surface area contributed by atoms with Crippen molar-refractivity contribution < 1.29 is 17.2 Å². The third kappa shape index (κ3) is 4.06. The summed E-state index contributed by atoms with van der Waals surface area (Å²) >= 11 is 0. The van der Waals surface area contributed by atoms with Gasteiger partial charge in [-0.2, -0.15) is 0 Å². The number of pyridine rings is 2. The van der Waals surface area contributed by atoms with E-state index in [1.54, 1.807) is 0 Å². The minimum absolute atomic E-state index is 0.154. The summed E-state index contributed by atoms with van der Waals surface area (Å²) < 4.78 is 55.4. The summed E-state index contributed by atoms with van der Waals surface area (Å²) in [5, 5.41) is 11.4. The second kappa shape index (κ2) is 7.67. The fourth-order valence-corrected chi connectivity index (χ4v) is 3.88. The van der Waals surface area contributed by atoms with E-state index < -0.39 is 21.7 Å². The first kappa shape index (κ1) is 19.7. The van der Waals surface area contributed by atoms with Crippen LogP contribution in [0.3, 0.4) is 0 Å². The normalized spacial score (nSPS) is 12.6. The lowest BCUT2D eigenvalue weighted by Gasteiger charge is -2.13. The number of anilines is 2. The predicted molar refractivity (Wildman–Crippen MR) is 106 cm³/mol. The summed E-state index contributed by atoms with van der Waals surface area (Å²) in [5.74, 6) is -0.689. The topological polar surface area (TPSA) is 101 Å². The second-order valence-corrected chi connectivity index (χ2v) is 8.18. The maximum Gasteiger partial charge on any atom is 0.263 e. The van der Waals surface area contributed by atoms with Crippen molar-refractivity contribution in [3.8, 4) is 0 Å². The SMILES string of the molecule is CC(Nc1ccc(S(=O)(=O)Nc2cc(F)cc(F)c2)cn1)c1nnc2ccccn12. The van der Waals surface area contributed by atoms with Crippen LogP contribution in [0.5, 0.6) is 0 Å². The van der Waals surface area contributed by atoms with Gasteiger partial charge in [0.1, 0.15) is 22.3 Å². The van der Waals surface area contributed by atoms with Gasteiger partial charge in [-0.15, -0.1) is 10.2 Å². The molecule has 1 aromatic carbocycles. The van der Waals surface area contributed by atoms with E-state index in [2.05, 4.69) is 25.2 Å². The number of sulfonamides is 1. The lowest BCUT2D eigenvalue weighted by molar-refractivity contribution is 0.584. The van der Waals surface area contributed by atoms with Gasteiger partial charge in [-0.05, 0) is 43.3 Å². The van der Waals surface area contributed by atoms with Gasteiger partial charge in [0.05, 0.1) is 11.7 Å². The second-order valence-electron chi connectivity index (χ2n) is 6.50. The zero-order valence-corrected chi connectivity index (χ0v) is 16.4. The van der Waals surface area contributed by atoms with Crippen molar-refractivity contribution in [2.75, 3.05) is 10.0 Å². The molecule has 4 rings (SSSR count). The average molecular weight is 430 g/mol. The van der Waals surface area contributed by atoms with Crippen LogP contribution in [0.15, 0.2) is 65.8 Å². The molecule has 11 heteroatoms. The fraction of sp³-hybridized carbons (Fsp3) is 0.105. The number of fused-ring (bicyclic) bond motifs is 1. The Labute approximate surface area is 170 Å². The van der Waals surface area contributed by atoms with Gasteiger partial charge in [-0.1, -0.05) is 6.07 Å². The number of nitrogens with zero attached hydrogens (tertiary/aromatic N) is 4. The molecule has 3 heterocycles. The first-order valence-electron chi connectivity index (χ1n) is 8.83. The van der Waals surface area contributed by atoms with Gasteiger partial charge in [0.25, 0.3) is 10.0 Å². The number of hydrogen-bond acceptors (Lipinski definition) is 6. The third-order valence-electron chi connectivity index (χ3n) is 4.25. The quantitative estimate of drug-likeness (QED) is 0.486. The lowest BCUT2D eigenvalue weighted by Crippen LogP contribution is -2.15. The molecule has 0 saturated carbocycles. The number of halogens is 2. The van der Waals surface area contributed by atoms with Crippen LogP contribution in [0.2, 0.25) is 0 Å². The Morgan fingerprint density at radius 1 is 1.03 bits per heavy atom. The number of nitrogens with one attached hydrogen (secondary N) is 2. The molecule has 0 aliphatic heterocycles. The van der Waals surface area contributed by atoms with Crippen LogP contribution in [-0.2, 0) is 10.0 Å². The molecule has 3 aromatic heterocycles. The highest BCUT2D eigenvalue weighted by molar-refractivity contribution is 7.92. The summed E-state index contributed by atoms with van der Waals surface area (Å²) in [4.78, 5) is 3.96. The Morgan fingerprint density at radius 3 is 2.50 bits per heavy atom. The summed E-state index contributed by atoms with van der Waals surface area (Å²) in [7, 11) is -4.06. The van der Waals surface area contributed by atoms with Crippen molar-refractivity contribution in [3.63, 3.8) is 0 Å². The van der Waals surface area contributed by atoms with Crippen LogP contribution >= 0.6 is 0 Å². The first-order chi connectivity index (χ1) is 14.3.